The van der Waals surface area contributed by atoms with Gasteiger partial charge >= 0.3 is 5.97 Å². The number of aliphatic carboxylic acids is 1. The van der Waals surface area contributed by atoms with Crippen molar-refractivity contribution in [1.82, 2.24) is 9.78 Å². The van der Waals surface area contributed by atoms with E-state index in [-0.39, 0.29) is 11.8 Å². The highest BCUT2D eigenvalue weighted by molar-refractivity contribution is 5.79. The number of hydrogen-bond donors (Lipinski definition) is 1. The van der Waals surface area contributed by atoms with E-state index in [1.807, 2.05) is 37.5 Å². The van der Waals surface area contributed by atoms with Crippen LogP contribution < -0.4 is 0 Å². The van der Waals surface area contributed by atoms with E-state index in [1.54, 1.807) is 4.68 Å². The summed E-state index contributed by atoms with van der Waals surface area (Å²) in [7, 11) is 1.89. The lowest BCUT2D eigenvalue weighted by Gasteiger charge is -2.10. The molecule has 1 aliphatic carbocycles. The third-order valence-corrected chi connectivity index (χ3v) is 4.66. The van der Waals surface area contributed by atoms with Crippen LogP contribution in [0, 0.1) is 5.92 Å². The summed E-state index contributed by atoms with van der Waals surface area (Å²) in [6, 6.07) is 18.4. The minimum Gasteiger partial charge on any atom is -0.481 e. The molecule has 0 bridgehead atoms. The number of nitrogens with zero attached hydrogens (tertiary/aromatic N) is 2. The fraction of sp³-hybridized carbons (Fsp3) is 0.200. The lowest BCUT2D eigenvalue weighted by atomic mass is 9.94. The largest absolute Gasteiger partial charge is 0.481 e. The summed E-state index contributed by atoms with van der Waals surface area (Å²) >= 11 is 0. The van der Waals surface area contributed by atoms with E-state index in [1.165, 1.54) is 0 Å². The SMILES string of the molecule is Cn1ccc(-c2cc(-c3ccccc3)ccc2C2CC2C(=O)O)n1. The average Bonchev–Trinajstić information content (AvgIpc) is 3.29. The van der Waals surface area contributed by atoms with E-state index in [0.29, 0.717) is 6.42 Å². The van der Waals surface area contributed by atoms with Crippen LogP contribution in [0.1, 0.15) is 17.9 Å². The van der Waals surface area contributed by atoms with Crippen molar-refractivity contribution in [2.75, 3.05) is 0 Å². The molecule has 1 aliphatic rings. The second-order valence-electron chi connectivity index (χ2n) is 6.33. The highest BCUT2D eigenvalue weighted by atomic mass is 16.4. The monoisotopic (exact) mass is 318 g/mol. The van der Waals surface area contributed by atoms with Crippen molar-refractivity contribution in [3.05, 3.63) is 66.4 Å². The molecular weight excluding hydrogens is 300 g/mol. The molecule has 120 valence electrons. The number of aryl methyl sites for hydroxylation is 1. The summed E-state index contributed by atoms with van der Waals surface area (Å²) < 4.78 is 1.77. The maximum atomic E-state index is 11.3. The molecule has 4 nitrogen and oxygen atoms in total. The quantitative estimate of drug-likeness (QED) is 0.792. The fourth-order valence-corrected chi connectivity index (χ4v) is 3.28. The first-order chi connectivity index (χ1) is 11.6. The molecule has 0 saturated heterocycles. The molecule has 0 aliphatic heterocycles. The molecule has 1 aromatic heterocycles. The van der Waals surface area contributed by atoms with Crippen molar-refractivity contribution in [1.29, 1.82) is 0 Å². The van der Waals surface area contributed by atoms with E-state index in [0.717, 1.165) is 27.9 Å². The maximum Gasteiger partial charge on any atom is 0.307 e. The van der Waals surface area contributed by atoms with Crippen LogP contribution in [0.15, 0.2) is 60.8 Å². The smallest absolute Gasteiger partial charge is 0.307 e. The van der Waals surface area contributed by atoms with Crippen LogP contribution in [0.5, 0.6) is 0 Å². The second-order valence-corrected chi connectivity index (χ2v) is 6.33. The third kappa shape index (κ3) is 2.60. The van der Waals surface area contributed by atoms with E-state index >= 15 is 0 Å². The van der Waals surface area contributed by atoms with Crippen molar-refractivity contribution in [3.8, 4) is 22.4 Å². The van der Waals surface area contributed by atoms with Crippen LogP contribution in [0.3, 0.4) is 0 Å². The molecule has 24 heavy (non-hydrogen) atoms. The first-order valence-corrected chi connectivity index (χ1v) is 8.05. The van der Waals surface area contributed by atoms with Crippen LogP contribution in [-0.4, -0.2) is 20.9 Å². The Hall–Kier alpha value is -2.88. The highest BCUT2D eigenvalue weighted by Crippen LogP contribution is 2.50. The number of carbonyl (C=O) groups is 1. The summed E-state index contributed by atoms with van der Waals surface area (Å²) in [4.78, 5) is 11.3. The Balaban J connectivity index is 1.81. The van der Waals surface area contributed by atoms with Gasteiger partial charge in [-0.2, -0.15) is 5.10 Å². The highest BCUT2D eigenvalue weighted by Gasteiger charge is 2.45. The Morgan fingerprint density at radius 3 is 2.54 bits per heavy atom. The van der Waals surface area contributed by atoms with Gasteiger partial charge in [-0.1, -0.05) is 42.5 Å². The van der Waals surface area contributed by atoms with Gasteiger partial charge in [0.1, 0.15) is 0 Å². The Kier molecular flexibility index (Phi) is 3.45. The van der Waals surface area contributed by atoms with Crippen molar-refractivity contribution < 1.29 is 9.90 Å². The van der Waals surface area contributed by atoms with Crippen LogP contribution >= 0.6 is 0 Å². The lowest BCUT2D eigenvalue weighted by molar-refractivity contribution is -0.138. The molecule has 1 N–H and O–H groups in total. The maximum absolute atomic E-state index is 11.3. The van der Waals surface area contributed by atoms with Gasteiger partial charge in [0.05, 0.1) is 11.6 Å². The van der Waals surface area contributed by atoms with E-state index in [4.69, 9.17) is 0 Å². The molecule has 4 heteroatoms. The Morgan fingerprint density at radius 2 is 1.92 bits per heavy atom. The molecular formula is C20H18N2O2. The average molecular weight is 318 g/mol. The van der Waals surface area contributed by atoms with Crippen LogP contribution in [0.2, 0.25) is 0 Å². The molecule has 0 radical (unpaired) electrons. The number of rotatable bonds is 4. The lowest BCUT2D eigenvalue weighted by Crippen LogP contribution is -2.00. The van der Waals surface area contributed by atoms with E-state index in [9.17, 15) is 9.90 Å². The second kappa shape index (κ2) is 5.64. The summed E-state index contributed by atoms with van der Waals surface area (Å²) in [6.45, 7) is 0. The van der Waals surface area contributed by atoms with Gasteiger partial charge in [0, 0.05) is 18.8 Å². The molecule has 2 unspecified atom stereocenters. The van der Waals surface area contributed by atoms with Crippen molar-refractivity contribution in [3.63, 3.8) is 0 Å². The summed E-state index contributed by atoms with van der Waals surface area (Å²) in [5.74, 6) is -0.890. The summed E-state index contributed by atoms with van der Waals surface area (Å²) in [5, 5.41) is 13.8. The molecule has 1 saturated carbocycles. The zero-order valence-corrected chi connectivity index (χ0v) is 13.4. The van der Waals surface area contributed by atoms with E-state index in [2.05, 4.69) is 35.4 Å². The number of carboxylic acid groups (broad SMARTS) is 1. The number of carboxylic acids is 1. The van der Waals surface area contributed by atoms with Crippen LogP contribution in [-0.2, 0) is 11.8 Å². The van der Waals surface area contributed by atoms with Gasteiger partial charge in [0.2, 0.25) is 0 Å². The first kappa shape index (κ1) is 14.7. The van der Waals surface area contributed by atoms with Gasteiger partial charge in [0.25, 0.3) is 0 Å². The predicted molar refractivity (Wildman–Crippen MR) is 92.6 cm³/mol. The van der Waals surface area contributed by atoms with Crippen molar-refractivity contribution in [2.24, 2.45) is 13.0 Å². The molecule has 3 aromatic rings. The molecule has 4 rings (SSSR count). The van der Waals surface area contributed by atoms with Crippen LogP contribution in [0.25, 0.3) is 22.4 Å². The van der Waals surface area contributed by atoms with Crippen molar-refractivity contribution >= 4 is 5.97 Å². The van der Waals surface area contributed by atoms with Crippen LogP contribution in [0.4, 0.5) is 0 Å². The Bertz CT molecular complexity index is 899. The zero-order valence-electron chi connectivity index (χ0n) is 13.4. The fourth-order valence-electron chi connectivity index (χ4n) is 3.28. The molecule has 2 aromatic carbocycles. The number of benzene rings is 2. The third-order valence-electron chi connectivity index (χ3n) is 4.66. The first-order valence-electron chi connectivity index (χ1n) is 8.05. The topological polar surface area (TPSA) is 55.1 Å². The molecule has 1 fully saturated rings. The van der Waals surface area contributed by atoms with Crippen molar-refractivity contribution in [2.45, 2.75) is 12.3 Å². The predicted octanol–water partition coefficient (Wildman–Crippen LogP) is 3.94. The normalized spacial score (nSPS) is 19.2. The van der Waals surface area contributed by atoms with Gasteiger partial charge in [-0.15, -0.1) is 0 Å². The molecule has 0 spiro atoms. The van der Waals surface area contributed by atoms with Gasteiger partial charge < -0.3 is 5.11 Å². The number of hydrogen-bond acceptors (Lipinski definition) is 2. The summed E-state index contributed by atoms with van der Waals surface area (Å²) in [6.07, 6.45) is 2.62. The molecule has 0 amide bonds. The number of aromatic nitrogens is 2. The van der Waals surface area contributed by atoms with Gasteiger partial charge in [-0.05, 0) is 41.2 Å². The Labute approximate surface area is 140 Å². The van der Waals surface area contributed by atoms with E-state index < -0.39 is 5.97 Å². The molecule has 1 heterocycles. The standard InChI is InChI=1S/C20H18N2O2/c1-22-10-9-19(21-22)17-11-14(13-5-3-2-4-6-13)7-8-15(17)16-12-18(16)20(23)24/h2-11,16,18H,12H2,1H3,(H,23,24). The summed E-state index contributed by atoms with van der Waals surface area (Å²) in [5.41, 5.74) is 5.27. The minimum absolute atomic E-state index is 0.0873. The molecule has 2 atom stereocenters. The minimum atomic E-state index is -0.709. The zero-order chi connectivity index (χ0) is 16.7. The van der Waals surface area contributed by atoms with Gasteiger partial charge in [-0.25, -0.2) is 0 Å². The van der Waals surface area contributed by atoms with Gasteiger partial charge in [-0.3, -0.25) is 9.48 Å². The van der Waals surface area contributed by atoms with Gasteiger partial charge in [0.15, 0.2) is 0 Å². The Morgan fingerprint density at radius 1 is 1.12 bits per heavy atom.